The maximum atomic E-state index is 13.4. The molecular weight excluding hydrogens is 413 g/mol. The number of nitrogens with zero attached hydrogens (tertiary/aromatic N) is 6. The van der Waals surface area contributed by atoms with Gasteiger partial charge in [0, 0.05) is 23.0 Å². The van der Waals surface area contributed by atoms with Crippen molar-refractivity contribution in [2.24, 2.45) is 0 Å². The van der Waals surface area contributed by atoms with Gasteiger partial charge in [0.05, 0.1) is 12.2 Å². The molecule has 0 saturated carbocycles. The summed E-state index contributed by atoms with van der Waals surface area (Å²) < 4.78 is 17.1. The number of benzene rings is 1. The Bertz CT molecular complexity index is 1150. The molecule has 0 saturated heterocycles. The maximum absolute atomic E-state index is 13.4. The number of hydrogen-bond donors (Lipinski definition) is 1. The SMILES string of the molecule is Cc1cc(C)n(C(C)c2nnc(Nc3ccn(Cc4cc(F)ccc4Cl)n3)s2)n1. The fourth-order valence-electron chi connectivity index (χ4n) is 3.06. The molecule has 0 aliphatic heterocycles. The normalized spacial score (nSPS) is 12.3. The summed E-state index contributed by atoms with van der Waals surface area (Å²) in [5.74, 6) is 0.298. The van der Waals surface area contributed by atoms with Crippen LogP contribution in [0.2, 0.25) is 5.02 Å². The number of aryl methyl sites for hydroxylation is 2. The Labute approximate surface area is 176 Å². The zero-order valence-electron chi connectivity index (χ0n) is 16.1. The molecule has 0 aliphatic rings. The van der Waals surface area contributed by atoms with Crippen molar-refractivity contribution in [3.8, 4) is 0 Å². The summed E-state index contributed by atoms with van der Waals surface area (Å²) in [4.78, 5) is 0. The smallest absolute Gasteiger partial charge is 0.211 e. The molecular formula is C19H19ClFN7S. The molecule has 4 aromatic rings. The predicted molar refractivity (Wildman–Crippen MR) is 111 cm³/mol. The Morgan fingerprint density at radius 1 is 1.17 bits per heavy atom. The lowest BCUT2D eigenvalue weighted by Gasteiger charge is -2.10. The molecule has 3 heterocycles. The van der Waals surface area contributed by atoms with Crippen LogP contribution in [0.1, 0.15) is 34.9 Å². The van der Waals surface area contributed by atoms with Gasteiger partial charge in [-0.2, -0.15) is 10.2 Å². The highest BCUT2D eigenvalue weighted by atomic mass is 35.5. The molecule has 29 heavy (non-hydrogen) atoms. The molecule has 10 heteroatoms. The van der Waals surface area contributed by atoms with Gasteiger partial charge in [-0.1, -0.05) is 22.9 Å². The standard InChI is InChI=1S/C19H19ClFN7S/c1-11-8-12(2)28(25-11)13(3)18-23-24-19(29-18)22-17-6-7-27(26-17)10-14-9-15(21)4-5-16(14)20/h4-9,13H,10H2,1-3H3,(H,22,24,26). The van der Waals surface area contributed by atoms with E-state index in [1.165, 1.54) is 23.5 Å². The molecule has 7 nitrogen and oxygen atoms in total. The summed E-state index contributed by atoms with van der Waals surface area (Å²) in [6.45, 7) is 6.40. The molecule has 1 unspecified atom stereocenters. The van der Waals surface area contributed by atoms with Gasteiger partial charge in [0.2, 0.25) is 5.13 Å². The molecule has 1 atom stereocenters. The average molecular weight is 432 g/mol. The van der Waals surface area contributed by atoms with Crippen LogP contribution in [0.5, 0.6) is 0 Å². The van der Waals surface area contributed by atoms with Crippen LogP contribution in [-0.4, -0.2) is 29.8 Å². The second-order valence-electron chi connectivity index (χ2n) is 6.75. The van der Waals surface area contributed by atoms with Crippen molar-refractivity contribution in [2.75, 3.05) is 5.32 Å². The average Bonchev–Trinajstić information content (AvgIpc) is 3.39. The summed E-state index contributed by atoms with van der Waals surface area (Å²) in [6, 6.07) is 8.13. The number of halogens is 2. The van der Waals surface area contributed by atoms with Crippen molar-refractivity contribution < 1.29 is 4.39 Å². The fourth-order valence-corrected chi connectivity index (χ4v) is 4.03. The van der Waals surface area contributed by atoms with Crippen LogP contribution in [0.3, 0.4) is 0 Å². The largest absolute Gasteiger partial charge is 0.313 e. The number of nitrogens with one attached hydrogen (secondary N) is 1. The van der Waals surface area contributed by atoms with E-state index in [4.69, 9.17) is 11.6 Å². The van der Waals surface area contributed by atoms with Gasteiger partial charge in [-0.3, -0.25) is 9.36 Å². The van der Waals surface area contributed by atoms with Crippen LogP contribution < -0.4 is 5.32 Å². The minimum absolute atomic E-state index is 0.00979. The minimum Gasteiger partial charge on any atom is -0.313 e. The van der Waals surface area contributed by atoms with E-state index in [-0.39, 0.29) is 11.9 Å². The first-order chi connectivity index (χ1) is 13.9. The van der Waals surface area contributed by atoms with Gasteiger partial charge in [-0.05, 0) is 50.6 Å². The second-order valence-corrected chi connectivity index (χ2v) is 8.17. The van der Waals surface area contributed by atoms with Gasteiger partial charge in [-0.15, -0.1) is 10.2 Å². The fraction of sp³-hybridized carbons (Fsp3) is 0.263. The van der Waals surface area contributed by atoms with Crippen molar-refractivity contribution in [2.45, 2.75) is 33.4 Å². The number of aromatic nitrogens is 6. The van der Waals surface area contributed by atoms with Crippen molar-refractivity contribution in [3.05, 3.63) is 69.3 Å². The first kappa shape index (κ1) is 19.5. The summed E-state index contributed by atoms with van der Waals surface area (Å²) >= 11 is 7.58. The maximum Gasteiger partial charge on any atom is 0.211 e. The zero-order valence-corrected chi connectivity index (χ0v) is 17.7. The van der Waals surface area contributed by atoms with Crippen molar-refractivity contribution in [1.29, 1.82) is 0 Å². The molecule has 0 radical (unpaired) electrons. The van der Waals surface area contributed by atoms with Crippen LogP contribution in [0, 0.1) is 19.7 Å². The molecule has 3 aromatic heterocycles. The topological polar surface area (TPSA) is 73.5 Å². The van der Waals surface area contributed by atoms with E-state index in [0.29, 0.717) is 28.1 Å². The number of hydrogen-bond acceptors (Lipinski definition) is 6. The molecule has 4 rings (SSSR count). The van der Waals surface area contributed by atoms with E-state index in [1.807, 2.05) is 37.6 Å². The Kier molecular flexibility index (Phi) is 5.33. The second kappa shape index (κ2) is 7.92. The van der Waals surface area contributed by atoms with E-state index in [0.717, 1.165) is 16.4 Å². The predicted octanol–water partition coefficient (Wildman–Crippen LogP) is 4.74. The van der Waals surface area contributed by atoms with Crippen LogP contribution in [0.25, 0.3) is 0 Å². The monoisotopic (exact) mass is 431 g/mol. The van der Waals surface area contributed by atoms with Gasteiger partial charge < -0.3 is 5.32 Å². The van der Waals surface area contributed by atoms with Crippen LogP contribution in [0.4, 0.5) is 15.3 Å². The molecule has 150 valence electrons. The van der Waals surface area contributed by atoms with E-state index in [9.17, 15) is 4.39 Å². The van der Waals surface area contributed by atoms with Crippen molar-refractivity contribution >= 4 is 33.9 Å². The molecule has 1 aromatic carbocycles. The third-order valence-corrected chi connectivity index (χ3v) is 5.80. The molecule has 0 bridgehead atoms. The summed E-state index contributed by atoms with van der Waals surface area (Å²) in [5, 5.41) is 22.6. The zero-order chi connectivity index (χ0) is 20.5. The molecule has 0 aliphatic carbocycles. The van der Waals surface area contributed by atoms with E-state index < -0.39 is 0 Å². The number of rotatable bonds is 6. The highest BCUT2D eigenvalue weighted by Crippen LogP contribution is 2.27. The van der Waals surface area contributed by atoms with Crippen LogP contribution >= 0.6 is 22.9 Å². The Hall–Kier alpha value is -2.78. The van der Waals surface area contributed by atoms with Gasteiger partial charge >= 0.3 is 0 Å². The third kappa shape index (κ3) is 4.30. The van der Waals surface area contributed by atoms with Gasteiger partial charge in [0.25, 0.3) is 0 Å². The van der Waals surface area contributed by atoms with Crippen LogP contribution in [-0.2, 0) is 6.54 Å². The van der Waals surface area contributed by atoms with Gasteiger partial charge in [-0.25, -0.2) is 4.39 Å². The Morgan fingerprint density at radius 2 is 2.00 bits per heavy atom. The highest BCUT2D eigenvalue weighted by Gasteiger charge is 2.17. The quantitative estimate of drug-likeness (QED) is 0.477. The first-order valence-corrected chi connectivity index (χ1v) is 10.2. The van der Waals surface area contributed by atoms with Crippen molar-refractivity contribution in [3.63, 3.8) is 0 Å². The van der Waals surface area contributed by atoms with Gasteiger partial charge in [0.15, 0.2) is 5.82 Å². The molecule has 0 fully saturated rings. The lowest BCUT2D eigenvalue weighted by Crippen LogP contribution is -2.10. The van der Waals surface area contributed by atoms with E-state index >= 15 is 0 Å². The van der Waals surface area contributed by atoms with Crippen molar-refractivity contribution in [1.82, 2.24) is 29.8 Å². The lowest BCUT2D eigenvalue weighted by atomic mass is 10.2. The minimum atomic E-state index is -0.326. The Morgan fingerprint density at radius 3 is 2.76 bits per heavy atom. The molecule has 0 amide bonds. The lowest BCUT2D eigenvalue weighted by molar-refractivity contribution is 0.540. The third-order valence-electron chi connectivity index (χ3n) is 4.43. The highest BCUT2D eigenvalue weighted by molar-refractivity contribution is 7.15. The Balaban J connectivity index is 1.46. The number of anilines is 2. The van der Waals surface area contributed by atoms with Gasteiger partial charge in [0.1, 0.15) is 16.9 Å². The molecule has 0 spiro atoms. The van der Waals surface area contributed by atoms with E-state index in [2.05, 4.69) is 25.7 Å². The summed E-state index contributed by atoms with van der Waals surface area (Å²) in [7, 11) is 0. The summed E-state index contributed by atoms with van der Waals surface area (Å²) in [5.41, 5.74) is 2.72. The van der Waals surface area contributed by atoms with E-state index in [1.54, 1.807) is 16.9 Å². The summed E-state index contributed by atoms with van der Waals surface area (Å²) in [6.07, 6.45) is 1.80. The molecule has 1 N–H and O–H groups in total. The van der Waals surface area contributed by atoms with Crippen LogP contribution in [0.15, 0.2) is 36.5 Å². The first-order valence-electron chi connectivity index (χ1n) is 8.99.